The molecule has 1 aliphatic heterocycles. The molecule has 2 rings (SSSR count). The Morgan fingerprint density at radius 3 is 2.59 bits per heavy atom. The lowest BCUT2D eigenvalue weighted by molar-refractivity contribution is -0.133. The summed E-state index contributed by atoms with van der Waals surface area (Å²) < 4.78 is 26.3. The van der Waals surface area contributed by atoms with E-state index in [1.165, 1.54) is 11.0 Å². The van der Waals surface area contributed by atoms with Crippen molar-refractivity contribution in [3.05, 3.63) is 35.4 Å². The third-order valence-electron chi connectivity index (χ3n) is 4.32. The fourth-order valence-corrected chi connectivity index (χ4v) is 2.59. The van der Waals surface area contributed by atoms with Crippen molar-refractivity contribution in [1.82, 2.24) is 9.80 Å². The van der Waals surface area contributed by atoms with Crippen molar-refractivity contribution < 1.29 is 18.7 Å². The van der Waals surface area contributed by atoms with Gasteiger partial charge in [0, 0.05) is 20.1 Å². The molecular weight excluding hydrogens is 290 g/mol. The molecule has 1 atom stereocenters. The molecule has 1 N–H and O–H groups in total. The lowest BCUT2D eigenvalue weighted by Crippen LogP contribution is -2.43. The molecule has 1 fully saturated rings. The Morgan fingerprint density at radius 1 is 1.36 bits per heavy atom. The van der Waals surface area contributed by atoms with E-state index in [-0.39, 0.29) is 24.6 Å². The van der Waals surface area contributed by atoms with Crippen LogP contribution in [0.5, 0.6) is 0 Å². The van der Waals surface area contributed by atoms with Crippen LogP contribution in [0.25, 0.3) is 0 Å². The molecule has 0 spiro atoms. The maximum Gasteiger partial charge on any atom is 0.236 e. The van der Waals surface area contributed by atoms with Gasteiger partial charge in [0.25, 0.3) is 0 Å². The Balaban J connectivity index is 1.95. The van der Waals surface area contributed by atoms with Gasteiger partial charge in [-0.15, -0.1) is 0 Å². The summed E-state index contributed by atoms with van der Waals surface area (Å²) in [5, 5.41) is 9.47. The molecule has 22 heavy (non-hydrogen) atoms. The summed E-state index contributed by atoms with van der Waals surface area (Å²) in [5.41, 5.74) is 0.559. The number of carbonyl (C=O) groups is 1. The van der Waals surface area contributed by atoms with E-state index >= 15 is 0 Å². The second kappa shape index (κ2) is 7.15. The average molecular weight is 312 g/mol. The van der Waals surface area contributed by atoms with Gasteiger partial charge in [-0.05, 0) is 37.5 Å². The molecule has 1 saturated heterocycles. The number of amides is 1. The lowest BCUT2D eigenvalue weighted by atomic mass is 10.1. The number of piperidine rings is 1. The molecule has 6 heteroatoms. The first-order valence-corrected chi connectivity index (χ1v) is 7.49. The van der Waals surface area contributed by atoms with E-state index in [2.05, 4.69) is 0 Å². The summed E-state index contributed by atoms with van der Waals surface area (Å²) in [4.78, 5) is 15.9. The lowest BCUT2D eigenvalue weighted by Gasteiger charge is -2.32. The van der Waals surface area contributed by atoms with Gasteiger partial charge in [0.05, 0.1) is 18.7 Å². The SMILES string of the molecule is CC(c1ccc(F)c(F)c1)N(C)C(=O)CN1CCC(O)CC1. The Labute approximate surface area is 129 Å². The summed E-state index contributed by atoms with van der Waals surface area (Å²) in [6.45, 7) is 3.45. The minimum absolute atomic E-state index is 0.0753. The van der Waals surface area contributed by atoms with Crippen molar-refractivity contribution in [2.45, 2.75) is 31.9 Å². The summed E-state index contributed by atoms with van der Waals surface area (Å²) in [5.74, 6) is -1.87. The van der Waals surface area contributed by atoms with E-state index in [1.54, 1.807) is 14.0 Å². The van der Waals surface area contributed by atoms with Gasteiger partial charge in [-0.3, -0.25) is 9.69 Å². The summed E-state index contributed by atoms with van der Waals surface area (Å²) in [7, 11) is 1.66. The summed E-state index contributed by atoms with van der Waals surface area (Å²) >= 11 is 0. The predicted octanol–water partition coefficient (Wildman–Crippen LogP) is 1.94. The zero-order chi connectivity index (χ0) is 16.3. The number of aliphatic hydroxyl groups excluding tert-OH is 1. The number of halogens is 2. The quantitative estimate of drug-likeness (QED) is 0.924. The van der Waals surface area contributed by atoms with Gasteiger partial charge in [0.15, 0.2) is 11.6 Å². The molecule has 0 aromatic heterocycles. The highest BCUT2D eigenvalue weighted by Crippen LogP contribution is 2.21. The maximum atomic E-state index is 13.3. The number of carbonyl (C=O) groups excluding carboxylic acids is 1. The largest absolute Gasteiger partial charge is 0.393 e. The molecule has 0 saturated carbocycles. The van der Waals surface area contributed by atoms with E-state index in [0.717, 1.165) is 12.1 Å². The highest BCUT2D eigenvalue weighted by Gasteiger charge is 2.23. The van der Waals surface area contributed by atoms with Crippen LogP contribution in [0.1, 0.15) is 31.4 Å². The van der Waals surface area contributed by atoms with Crippen molar-refractivity contribution in [2.24, 2.45) is 0 Å². The molecule has 1 aromatic carbocycles. The van der Waals surface area contributed by atoms with Gasteiger partial charge < -0.3 is 10.0 Å². The van der Waals surface area contributed by atoms with Crippen LogP contribution in [-0.4, -0.2) is 53.6 Å². The first-order chi connectivity index (χ1) is 10.4. The summed E-state index contributed by atoms with van der Waals surface area (Å²) in [6, 6.07) is 3.36. The molecule has 122 valence electrons. The predicted molar refractivity (Wildman–Crippen MR) is 79.2 cm³/mol. The molecule has 0 aliphatic carbocycles. The normalized spacial score (nSPS) is 18.2. The number of hydrogen-bond donors (Lipinski definition) is 1. The number of nitrogens with zero attached hydrogens (tertiary/aromatic N) is 2. The monoisotopic (exact) mass is 312 g/mol. The number of benzene rings is 1. The van der Waals surface area contributed by atoms with Gasteiger partial charge in [0.2, 0.25) is 5.91 Å². The van der Waals surface area contributed by atoms with Crippen molar-refractivity contribution in [2.75, 3.05) is 26.7 Å². The van der Waals surface area contributed by atoms with Crippen LogP contribution in [0.2, 0.25) is 0 Å². The second-order valence-corrected chi connectivity index (χ2v) is 5.86. The second-order valence-electron chi connectivity index (χ2n) is 5.86. The van der Waals surface area contributed by atoms with Crippen molar-refractivity contribution >= 4 is 5.91 Å². The van der Waals surface area contributed by atoms with Gasteiger partial charge in [-0.2, -0.15) is 0 Å². The van der Waals surface area contributed by atoms with Crippen LogP contribution in [0.15, 0.2) is 18.2 Å². The fourth-order valence-electron chi connectivity index (χ4n) is 2.59. The van der Waals surface area contributed by atoms with Crippen molar-refractivity contribution in [3.8, 4) is 0 Å². The first kappa shape index (κ1) is 16.8. The van der Waals surface area contributed by atoms with Crippen LogP contribution in [-0.2, 0) is 4.79 Å². The van der Waals surface area contributed by atoms with Gasteiger partial charge in [0.1, 0.15) is 0 Å². The molecule has 1 unspecified atom stereocenters. The highest BCUT2D eigenvalue weighted by molar-refractivity contribution is 5.78. The highest BCUT2D eigenvalue weighted by atomic mass is 19.2. The number of aliphatic hydroxyl groups is 1. The van der Waals surface area contributed by atoms with Crippen molar-refractivity contribution in [1.29, 1.82) is 0 Å². The van der Waals surface area contributed by atoms with Crippen LogP contribution in [0.4, 0.5) is 8.78 Å². The van der Waals surface area contributed by atoms with Gasteiger partial charge in [-0.1, -0.05) is 6.07 Å². The third kappa shape index (κ3) is 4.01. The molecule has 1 heterocycles. The minimum atomic E-state index is -0.907. The third-order valence-corrected chi connectivity index (χ3v) is 4.32. The smallest absolute Gasteiger partial charge is 0.236 e. The van der Waals surface area contributed by atoms with Gasteiger partial charge >= 0.3 is 0 Å². The number of rotatable bonds is 4. The Hall–Kier alpha value is -1.53. The molecular formula is C16H22F2N2O2. The van der Waals surface area contributed by atoms with Crippen LogP contribution < -0.4 is 0 Å². The van der Waals surface area contributed by atoms with E-state index in [4.69, 9.17) is 0 Å². The Kier molecular flexibility index (Phi) is 5.47. The molecule has 1 amide bonds. The Bertz CT molecular complexity index is 531. The Morgan fingerprint density at radius 2 is 2.00 bits per heavy atom. The maximum absolute atomic E-state index is 13.3. The average Bonchev–Trinajstić information content (AvgIpc) is 2.50. The number of likely N-dealkylation sites (tertiary alicyclic amines) is 1. The zero-order valence-electron chi connectivity index (χ0n) is 12.9. The standard InChI is InChI=1S/C16H22F2N2O2/c1-11(12-3-4-14(17)15(18)9-12)19(2)16(22)10-20-7-5-13(21)6-8-20/h3-4,9,11,13,21H,5-8,10H2,1-2H3. The van der Waals surface area contributed by atoms with Crippen LogP contribution in [0, 0.1) is 11.6 Å². The molecule has 1 aromatic rings. The summed E-state index contributed by atoms with van der Waals surface area (Å²) in [6.07, 6.45) is 1.08. The van der Waals surface area contributed by atoms with Gasteiger partial charge in [-0.25, -0.2) is 8.78 Å². The van der Waals surface area contributed by atoms with Crippen LogP contribution >= 0.6 is 0 Å². The number of likely N-dealkylation sites (N-methyl/N-ethyl adjacent to an activating group) is 1. The molecule has 0 bridgehead atoms. The van der Waals surface area contributed by atoms with Crippen LogP contribution in [0.3, 0.4) is 0 Å². The first-order valence-electron chi connectivity index (χ1n) is 7.49. The molecule has 0 radical (unpaired) electrons. The van der Waals surface area contributed by atoms with E-state index in [0.29, 0.717) is 31.5 Å². The van der Waals surface area contributed by atoms with E-state index < -0.39 is 11.6 Å². The number of hydrogen-bond acceptors (Lipinski definition) is 3. The molecule has 1 aliphatic rings. The zero-order valence-corrected chi connectivity index (χ0v) is 12.9. The fraction of sp³-hybridized carbons (Fsp3) is 0.562. The molecule has 4 nitrogen and oxygen atoms in total. The minimum Gasteiger partial charge on any atom is -0.393 e. The topological polar surface area (TPSA) is 43.8 Å². The van der Waals surface area contributed by atoms with E-state index in [9.17, 15) is 18.7 Å². The van der Waals surface area contributed by atoms with E-state index in [1.807, 2.05) is 4.90 Å². The van der Waals surface area contributed by atoms with Crippen molar-refractivity contribution in [3.63, 3.8) is 0 Å².